The monoisotopic (exact) mass is 223 g/mol. The summed E-state index contributed by atoms with van der Waals surface area (Å²) in [5, 5.41) is 3.03. The fourth-order valence-electron chi connectivity index (χ4n) is 1.42. The molecule has 0 aromatic heterocycles. The molecule has 0 aliphatic heterocycles. The zero-order valence-electron chi connectivity index (χ0n) is 9.41. The molecule has 1 N–H and O–H groups in total. The topological polar surface area (TPSA) is 21.3 Å². The SMILES string of the molecule is CCOC1=CC=CC(C)(C)C=C1NC=S. The molecule has 0 spiro atoms. The third-order valence-corrected chi connectivity index (χ3v) is 2.19. The second-order valence-electron chi connectivity index (χ2n) is 3.96. The summed E-state index contributed by atoms with van der Waals surface area (Å²) in [6.07, 6.45) is 8.21. The highest BCUT2D eigenvalue weighted by Crippen LogP contribution is 2.26. The molecule has 0 aromatic carbocycles. The van der Waals surface area contributed by atoms with Crippen molar-refractivity contribution in [3.63, 3.8) is 0 Å². The molecule has 0 heterocycles. The average molecular weight is 223 g/mol. The summed E-state index contributed by atoms with van der Waals surface area (Å²) in [6.45, 7) is 6.89. The van der Waals surface area contributed by atoms with E-state index in [1.54, 1.807) is 0 Å². The van der Waals surface area contributed by atoms with E-state index in [4.69, 9.17) is 17.0 Å². The van der Waals surface area contributed by atoms with Crippen molar-refractivity contribution in [3.05, 3.63) is 35.8 Å². The predicted octanol–water partition coefficient (Wildman–Crippen LogP) is 2.93. The zero-order chi connectivity index (χ0) is 11.3. The van der Waals surface area contributed by atoms with Gasteiger partial charge < -0.3 is 10.1 Å². The molecule has 0 atom stereocenters. The Morgan fingerprint density at radius 3 is 2.87 bits per heavy atom. The lowest BCUT2D eigenvalue weighted by Crippen LogP contribution is -2.16. The van der Waals surface area contributed by atoms with Crippen LogP contribution >= 0.6 is 12.2 Å². The van der Waals surface area contributed by atoms with E-state index in [0.29, 0.717) is 6.61 Å². The lowest BCUT2D eigenvalue weighted by Gasteiger charge is -2.17. The quantitative estimate of drug-likeness (QED) is 0.740. The van der Waals surface area contributed by atoms with Gasteiger partial charge in [0.15, 0.2) is 0 Å². The standard InChI is InChI=1S/C12H17NOS/c1-4-14-11-6-5-7-12(2,3)8-10(11)13-9-15/h5-9H,4H2,1-3H3,(H,13,15). The van der Waals surface area contributed by atoms with Gasteiger partial charge >= 0.3 is 0 Å². The summed E-state index contributed by atoms with van der Waals surface area (Å²) in [5.74, 6) is 0.834. The second-order valence-corrected chi connectivity index (χ2v) is 4.20. The van der Waals surface area contributed by atoms with E-state index in [1.807, 2.05) is 19.1 Å². The molecule has 0 radical (unpaired) electrons. The van der Waals surface area contributed by atoms with Crippen LogP contribution in [0.3, 0.4) is 0 Å². The third kappa shape index (κ3) is 3.51. The van der Waals surface area contributed by atoms with Gasteiger partial charge in [0.05, 0.1) is 17.8 Å². The van der Waals surface area contributed by atoms with E-state index in [2.05, 4.69) is 31.3 Å². The minimum absolute atomic E-state index is 0.00995. The Morgan fingerprint density at radius 2 is 2.27 bits per heavy atom. The van der Waals surface area contributed by atoms with Crippen LogP contribution in [0.15, 0.2) is 35.8 Å². The molecule has 0 bridgehead atoms. The van der Waals surface area contributed by atoms with E-state index in [1.165, 1.54) is 5.49 Å². The van der Waals surface area contributed by atoms with Crippen LogP contribution in [0.1, 0.15) is 20.8 Å². The Balaban J connectivity index is 2.99. The van der Waals surface area contributed by atoms with Crippen LogP contribution in [0.5, 0.6) is 0 Å². The maximum Gasteiger partial charge on any atom is 0.142 e. The molecule has 15 heavy (non-hydrogen) atoms. The summed E-state index contributed by atoms with van der Waals surface area (Å²) in [6, 6.07) is 0. The van der Waals surface area contributed by atoms with Gasteiger partial charge in [0, 0.05) is 5.41 Å². The minimum Gasteiger partial charge on any atom is -0.492 e. The summed E-state index contributed by atoms with van der Waals surface area (Å²) < 4.78 is 5.53. The van der Waals surface area contributed by atoms with Crippen LogP contribution in [0.4, 0.5) is 0 Å². The van der Waals surface area contributed by atoms with Gasteiger partial charge in [-0.25, -0.2) is 0 Å². The highest BCUT2D eigenvalue weighted by Gasteiger charge is 2.16. The molecule has 3 heteroatoms. The second kappa shape index (κ2) is 5.12. The minimum atomic E-state index is 0.00995. The highest BCUT2D eigenvalue weighted by atomic mass is 32.1. The molecule has 0 fully saturated rings. The first-order valence-corrected chi connectivity index (χ1v) is 5.52. The van der Waals surface area contributed by atoms with E-state index >= 15 is 0 Å². The van der Waals surface area contributed by atoms with Crippen molar-refractivity contribution in [2.75, 3.05) is 6.61 Å². The number of hydrogen-bond donors (Lipinski definition) is 1. The number of thiocarbonyl (C=S) groups is 1. The van der Waals surface area contributed by atoms with Crippen molar-refractivity contribution in [2.45, 2.75) is 20.8 Å². The highest BCUT2D eigenvalue weighted by molar-refractivity contribution is 7.78. The molecular weight excluding hydrogens is 206 g/mol. The molecule has 0 aromatic rings. The van der Waals surface area contributed by atoms with Crippen LogP contribution in [-0.2, 0) is 4.74 Å². The maximum atomic E-state index is 5.53. The van der Waals surface area contributed by atoms with Crippen molar-refractivity contribution in [1.82, 2.24) is 5.32 Å². The van der Waals surface area contributed by atoms with Crippen LogP contribution in [0.25, 0.3) is 0 Å². The molecule has 0 amide bonds. The zero-order valence-corrected chi connectivity index (χ0v) is 10.2. The van der Waals surface area contributed by atoms with E-state index in [9.17, 15) is 0 Å². The summed E-state index contributed by atoms with van der Waals surface area (Å²) in [5.41, 5.74) is 2.44. The van der Waals surface area contributed by atoms with Crippen LogP contribution in [0.2, 0.25) is 0 Å². The fraction of sp³-hybridized carbons (Fsp3) is 0.417. The largest absolute Gasteiger partial charge is 0.492 e. The van der Waals surface area contributed by atoms with Gasteiger partial charge in [-0.3, -0.25) is 0 Å². The van der Waals surface area contributed by atoms with Gasteiger partial charge in [0.25, 0.3) is 0 Å². The van der Waals surface area contributed by atoms with Gasteiger partial charge in [-0.1, -0.05) is 38.2 Å². The van der Waals surface area contributed by atoms with Crippen molar-refractivity contribution in [2.24, 2.45) is 5.41 Å². The third-order valence-electron chi connectivity index (χ3n) is 2.07. The normalized spacial score (nSPS) is 18.6. The van der Waals surface area contributed by atoms with Gasteiger partial charge in [-0.2, -0.15) is 0 Å². The van der Waals surface area contributed by atoms with Crippen LogP contribution in [-0.4, -0.2) is 12.1 Å². The number of hydrogen-bond acceptors (Lipinski definition) is 2. The van der Waals surface area contributed by atoms with Crippen LogP contribution in [0, 0.1) is 5.41 Å². The van der Waals surface area contributed by atoms with Gasteiger partial charge in [0.1, 0.15) is 5.76 Å². The summed E-state index contributed by atoms with van der Waals surface area (Å²) >= 11 is 4.81. The van der Waals surface area contributed by atoms with Crippen molar-refractivity contribution in [3.8, 4) is 0 Å². The maximum absolute atomic E-state index is 5.53. The van der Waals surface area contributed by atoms with Crippen molar-refractivity contribution < 1.29 is 4.74 Å². The van der Waals surface area contributed by atoms with Crippen molar-refractivity contribution >= 4 is 17.7 Å². The molecule has 1 aliphatic carbocycles. The Hall–Kier alpha value is -1.09. The summed E-state index contributed by atoms with van der Waals surface area (Å²) in [7, 11) is 0. The smallest absolute Gasteiger partial charge is 0.142 e. The Morgan fingerprint density at radius 1 is 1.53 bits per heavy atom. The number of nitrogens with one attached hydrogen (secondary N) is 1. The first kappa shape index (κ1) is 12.0. The Kier molecular flexibility index (Phi) is 4.09. The lowest BCUT2D eigenvalue weighted by atomic mass is 9.92. The van der Waals surface area contributed by atoms with E-state index in [-0.39, 0.29) is 5.41 Å². The van der Waals surface area contributed by atoms with E-state index in [0.717, 1.165) is 11.5 Å². The van der Waals surface area contributed by atoms with Gasteiger partial charge in [-0.15, -0.1) is 0 Å². The number of allylic oxidation sites excluding steroid dienone is 4. The molecule has 0 saturated heterocycles. The molecule has 0 unspecified atom stereocenters. The Labute approximate surface area is 96.7 Å². The van der Waals surface area contributed by atoms with Crippen LogP contribution < -0.4 is 5.32 Å². The van der Waals surface area contributed by atoms with Crippen molar-refractivity contribution in [1.29, 1.82) is 0 Å². The first-order valence-electron chi connectivity index (χ1n) is 5.05. The van der Waals surface area contributed by atoms with Gasteiger partial charge in [0.2, 0.25) is 0 Å². The molecule has 0 saturated carbocycles. The molecular formula is C12H17NOS. The fourth-order valence-corrected chi connectivity index (χ4v) is 1.55. The molecule has 1 aliphatic rings. The van der Waals surface area contributed by atoms with E-state index < -0.39 is 0 Å². The molecule has 82 valence electrons. The summed E-state index contributed by atoms with van der Waals surface area (Å²) in [4.78, 5) is 0. The lowest BCUT2D eigenvalue weighted by molar-refractivity contribution is 0.235. The first-order chi connectivity index (χ1) is 7.09. The van der Waals surface area contributed by atoms with Gasteiger partial charge in [-0.05, 0) is 19.1 Å². The Bertz CT molecular complexity index is 327. The molecule has 2 nitrogen and oxygen atoms in total. The molecule has 1 rings (SSSR count). The average Bonchev–Trinajstić information content (AvgIpc) is 2.27. The predicted molar refractivity (Wildman–Crippen MR) is 67.5 cm³/mol. The number of ether oxygens (including phenoxy) is 1. The number of rotatable bonds is 4.